The fraction of sp³-hybridized carbons (Fsp3) is 0.429. The number of aromatic carboxylic acids is 1. The second-order valence-corrected chi connectivity index (χ2v) is 4.81. The zero-order chi connectivity index (χ0) is 14.6. The van der Waals surface area contributed by atoms with Crippen LogP contribution in [-0.2, 0) is 4.79 Å². The predicted molar refractivity (Wildman–Crippen MR) is 75.3 cm³/mol. The quantitative estimate of drug-likeness (QED) is 0.800. The van der Waals surface area contributed by atoms with E-state index in [4.69, 9.17) is 10.8 Å². The summed E-state index contributed by atoms with van der Waals surface area (Å²) in [4.78, 5) is 24.5. The van der Waals surface area contributed by atoms with E-state index in [0.29, 0.717) is 24.3 Å². The van der Waals surface area contributed by atoms with Crippen molar-refractivity contribution in [1.82, 2.24) is 0 Å². The van der Waals surface area contributed by atoms with Crippen molar-refractivity contribution in [3.63, 3.8) is 0 Å². The molecule has 19 heavy (non-hydrogen) atoms. The van der Waals surface area contributed by atoms with Gasteiger partial charge in [-0.3, -0.25) is 4.79 Å². The van der Waals surface area contributed by atoms with E-state index < -0.39 is 5.97 Å². The minimum atomic E-state index is -1.03. The minimum Gasteiger partial charge on any atom is -0.478 e. The number of amides is 1. The molecule has 0 saturated carbocycles. The molecular weight excluding hydrogens is 244 g/mol. The number of benzene rings is 1. The Bertz CT molecular complexity index is 484. The molecule has 3 N–H and O–H groups in total. The van der Waals surface area contributed by atoms with Crippen LogP contribution in [0.3, 0.4) is 0 Å². The lowest BCUT2D eigenvalue weighted by molar-refractivity contribution is -0.119. The van der Waals surface area contributed by atoms with Gasteiger partial charge in [-0.15, -0.1) is 0 Å². The number of hydrogen-bond donors (Lipinski definition) is 2. The monoisotopic (exact) mass is 264 g/mol. The third-order valence-electron chi connectivity index (χ3n) is 2.77. The summed E-state index contributed by atoms with van der Waals surface area (Å²) in [5, 5.41) is 8.89. The van der Waals surface area contributed by atoms with Crippen LogP contribution in [0.2, 0.25) is 0 Å². The Hall–Kier alpha value is -2.04. The standard InChI is InChI=1S/C14H20N2O3/c1-4-16(13(17)7-9(2)3)12-6-5-10(14(18)19)8-11(12)15/h5-6,8-9H,4,7,15H2,1-3H3,(H,18,19). The fourth-order valence-corrected chi connectivity index (χ4v) is 1.87. The number of carbonyl (C=O) groups is 2. The first kappa shape index (κ1) is 15.0. The second-order valence-electron chi connectivity index (χ2n) is 4.81. The van der Waals surface area contributed by atoms with Crippen LogP contribution in [0.4, 0.5) is 11.4 Å². The van der Waals surface area contributed by atoms with Crippen LogP contribution < -0.4 is 10.6 Å². The minimum absolute atomic E-state index is 0.00715. The summed E-state index contributed by atoms with van der Waals surface area (Å²) in [7, 11) is 0. The molecule has 1 aromatic carbocycles. The van der Waals surface area contributed by atoms with Gasteiger partial charge in [-0.1, -0.05) is 13.8 Å². The van der Waals surface area contributed by atoms with Gasteiger partial charge in [0.1, 0.15) is 0 Å². The van der Waals surface area contributed by atoms with Crippen LogP contribution in [0.5, 0.6) is 0 Å². The van der Waals surface area contributed by atoms with Crippen molar-refractivity contribution in [2.75, 3.05) is 17.2 Å². The number of anilines is 2. The topological polar surface area (TPSA) is 83.6 Å². The van der Waals surface area contributed by atoms with Crippen molar-refractivity contribution in [3.05, 3.63) is 23.8 Å². The van der Waals surface area contributed by atoms with Crippen molar-refractivity contribution >= 4 is 23.3 Å². The lowest BCUT2D eigenvalue weighted by Gasteiger charge is -2.23. The van der Waals surface area contributed by atoms with Crippen LogP contribution in [0, 0.1) is 5.92 Å². The van der Waals surface area contributed by atoms with E-state index in [9.17, 15) is 9.59 Å². The molecule has 0 spiro atoms. The summed E-state index contributed by atoms with van der Waals surface area (Å²) in [6.45, 7) is 6.32. The summed E-state index contributed by atoms with van der Waals surface area (Å²) in [6.07, 6.45) is 0.438. The zero-order valence-corrected chi connectivity index (χ0v) is 11.5. The molecule has 0 radical (unpaired) electrons. The molecule has 1 amide bonds. The number of nitrogens with two attached hydrogens (primary N) is 1. The Kier molecular flexibility index (Phi) is 4.92. The number of hydrogen-bond acceptors (Lipinski definition) is 3. The van der Waals surface area contributed by atoms with Crippen LogP contribution in [-0.4, -0.2) is 23.5 Å². The average molecular weight is 264 g/mol. The fourth-order valence-electron chi connectivity index (χ4n) is 1.87. The smallest absolute Gasteiger partial charge is 0.335 e. The summed E-state index contributed by atoms with van der Waals surface area (Å²) in [5.74, 6) is -0.775. The average Bonchev–Trinajstić information content (AvgIpc) is 2.30. The summed E-state index contributed by atoms with van der Waals surface area (Å²) >= 11 is 0. The van der Waals surface area contributed by atoms with Gasteiger partial charge in [0, 0.05) is 13.0 Å². The van der Waals surface area contributed by atoms with Crippen LogP contribution in [0.1, 0.15) is 37.6 Å². The van der Waals surface area contributed by atoms with E-state index in [1.807, 2.05) is 20.8 Å². The number of carbonyl (C=O) groups excluding carboxylic acids is 1. The SMILES string of the molecule is CCN(C(=O)CC(C)C)c1ccc(C(=O)O)cc1N. The van der Waals surface area contributed by atoms with Crippen LogP contribution in [0.25, 0.3) is 0 Å². The number of carboxylic acid groups (broad SMARTS) is 1. The molecule has 0 aliphatic carbocycles. The summed E-state index contributed by atoms with van der Waals surface area (Å²) < 4.78 is 0. The van der Waals surface area contributed by atoms with Crippen molar-refractivity contribution in [2.24, 2.45) is 5.92 Å². The molecule has 104 valence electrons. The maximum atomic E-state index is 12.1. The van der Waals surface area contributed by atoms with E-state index in [1.165, 1.54) is 12.1 Å². The number of nitrogen functional groups attached to an aromatic ring is 1. The molecule has 0 fully saturated rings. The Balaban J connectivity index is 3.05. The summed E-state index contributed by atoms with van der Waals surface area (Å²) in [6, 6.07) is 4.42. The first-order valence-corrected chi connectivity index (χ1v) is 6.30. The number of nitrogens with zero attached hydrogens (tertiary/aromatic N) is 1. The van der Waals surface area contributed by atoms with Crippen LogP contribution >= 0.6 is 0 Å². The van der Waals surface area contributed by atoms with Crippen molar-refractivity contribution in [2.45, 2.75) is 27.2 Å². The van der Waals surface area contributed by atoms with Gasteiger partial charge in [0.15, 0.2) is 0 Å². The van der Waals surface area contributed by atoms with E-state index in [2.05, 4.69) is 0 Å². The highest BCUT2D eigenvalue weighted by Crippen LogP contribution is 2.25. The second kappa shape index (κ2) is 6.22. The van der Waals surface area contributed by atoms with Crippen molar-refractivity contribution in [3.8, 4) is 0 Å². The van der Waals surface area contributed by atoms with Gasteiger partial charge in [0.2, 0.25) is 5.91 Å². The van der Waals surface area contributed by atoms with Gasteiger partial charge < -0.3 is 15.7 Å². The molecule has 0 saturated heterocycles. The maximum Gasteiger partial charge on any atom is 0.335 e. The molecule has 0 aliphatic rings. The molecule has 0 heterocycles. The lowest BCUT2D eigenvalue weighted by atomic mass is 10.1. The van der Waals surface area contributed by atoms with Gasteiger partial charge in [-0.25, -0.2) is 4.79 Å². The highest BCUT2D eigenvalue weighted by Gasteiger charge is 2.18. The molecule has 5 heteroatoms. The Morgan fingerprint density at radius 1 is 1.37 bits per heavy atom. The van der Waals surface area contributed by atoms with Crippen molar-refractivity contribution in [1.29, 1.82) is 0 Å². The third kappa shape index (κ3) is 3.71. The zero-order valence-electron chi connectivity index (χ0n) is 11.5. The van der Waals surface area contributed by atoms with Gasteiger partial charge in [-0.2, -0.15) is 0 Å². The molecule has 5 nitrogen and oxygen atoms in total. The molecule has 0 unspecified atom stereocenters. The van der Waals surface area contributed by atoms with Crippen LogP contribution in [0.15, 0.2) is 18.2 Å². The van der Waals surface area contributed by atoms with Gasteiger partial charge in [-0.05, 0) is 31.0 Å². The summed E-state index contributed by atoms with van der Waals surface area (Å²) in [5.41, 5.74) is 6.84. The van der Waals surface area contributed by atoms with E-state index in [1.54, 1.807) is 11.0 Å². The molecule has 1 rings (SSSR count). The van der Waals surface area contributed by atoms with Crippen molar-refractivity contribution < 1.29 is 14.7 Å². The predicted octanol–water partition coefficient (Wildman–Crippen LogP) is 2.37. The normalized spacial score (nSPS) is 10.5. The Morgan fingerprint density at radius 3 is 2.42 bits per heavy atom. The molecule has 0 atom stereocenters. The molecule has 0 aliphatic heterocycles. The highest BCUT2D eigenvalue weighted by atomic mass is 16.4. The first-order valence-electron chi connectivity index (χ1n) is 6.30. The first-order chi connectivity index (χ1) is 8.86. The van der Waals surface area contributed by atoms with Gasteiger partial charge >= 0.3 is 5.97 Å². The lowest BCUT2D eigenvalue weighted by Crippen LogP contribution is -2.32. The van der Waals surface area contributed by atoms with Gasteiger partial charge in [0.25, 0.3) is 0 Å². The highest BCUT2D eigenvalue weighted by molar-refractivity contribution is 5.98. The number of carboxylic acids is 1. The Morgan fingerprint density at radius 2 is 2.00 bits per heavy atom. The molecule has 1 aromatic rings. The molecule has 0 bridgehead atoms. The molecular formula is C14H20N2O3. The van der Waals surface area contributed by atoms with Gasteiger partial charge in [0.05, 0.1) is 16.9 Å². The molecule has 0 aromatic heterocycles. The Labute approximate surface area is 113 Å². The van der Waals surface area contributed by atoms with E-state index in [-0.39, 0.29) is 17.4 Å². The maximum absolute atomic E-state index is 12.1. The third-order valence-corrected chi connectivity index (χ3v) is 2.77. The largest absolute Gasteiger partial charge is 0.478 e. The van der Waals surface area contributed by atoms with E-state index in [0.717, 1.165) is 0 Å². The number of rotatable bonds is 5. The van der Waals surface area contributed by atoms with E-state index >= 15 is 0 Å².